The number of fused-ring (bicyclic) bond motifs is 1. The van der Waals surface area contributed by atoms with Crippen LogP contribution in [0.25, 0.3) is 10.8 Å². The largest absolute Gasteiger partial charge is 0.349 e. The van der Waals surface area contributed by atoms with Crippen molar-refractivity contribution in [2.24, 2.45) is 0 Å². The number of carbonyl (C=O) groups excluding carboxylic acids is 1. The molecule has 0 aliphatic carbocycles. The van der Waals surface area contributed by atoms with Crippen LogP contribution in [0.2, 0.25) is 0 Å². The van der Waals surface area contributed by atoms with Crippen molar-refractivity contribution in [1.82, 2.24) is 5.32 Å². The van der Waals surface area contributed by atoms with E-state index in [1.165, 1.54) is 17.8 Å². The lowest BCUT2D eigenvalue weighted by Gasteiger charge is -2.16. The summed E-state index contributed by atoms with van der Waals surface area (Å²) in [5.41, 5.74) is 7.30. The number of hydrogen-bond acceptors (Lipinski definition) is 5. The first-order valence-electron chi connectivity index (χ1n) is 8.59. The second-order valence-corrected chi connectivity index (χ2v) is 7.19. The van der Waals surface area contributed by atoms with E-state index >= 15 is 0 Å². The fraction of sp³-hybridized carbons (Fsp3) is 0.143. The van der Waals surface area contributed by atoms with Crippen LogP contribution in [0.1, 0.15) is 29.7 Å². The smallest absolute Gasteiger partial charge is 0.289 e. The lowest BCUT2D eigenvalue weighted by atomic mass is 10.00. The normalized spacial score (nSPS) is 11.4. The van der Waals surface area contributed by atoms with Gasteiger partial charge in [-0.15, -0.1) is 0 Å². The molecule has 0 fully saturated rings. The average molecular weight is 388 g/mol. The number of nitriles is 2. The van der Waals surface area contributed by atoms with E-state index in [4.69, 9.17) is 11.0 Å². The molecule has 4 N–H and O–H groups in total. The Hall–Kier alpha value is -3.55. The first-order valence-corrected chi connectivity index (χ1v) is 9.58. The molecule has 0 unspecified atom stereocenters. The third kappa shape index (κ3) is 4.06. The maximum absolute atomic E-state index is 12.4. The van der Waals surface area contributed by atoms with Crippen molar-refractivity contribution in [1.29, 1.82) is 10.5 Å². The van der Waals surface area contributed by atoms with E-state index in [0.717, 1.165) is 16.3 Å². The van der Waals surface area contributed by atoms with Gasteiger partial charge in [-0.2, -0.15) is 10.5 Å². The molecule has 0 aliphatic heterocycles. The maximum Gasteiger partial charge on any atom is 0.289 e. The zero-order chi connectivity index (χ0) is 20.1. The number of H-pyrrole nitrogens is 1. The standard InChI is InChI=1S/C21H17N5OS/c1-13(17-8-4-6-14-5-2-3-7-18(14)17)25-19(27)12-28-21-16(11-23)9-15(10-22)20(24)26-21/h2-9,13H,12H2,1H3,(H2,24,26)(H,25,27)/p+1/t13-/m1/s1. The Balaban J connectivity index is 1.70. The molecular weight excluding hydrogens is 370 g/mol. The molecule has 0 bridgehead atoms. The Kier molecular flexibility index (Phi) is 5.78. The minimum absolute atomic E-state index is 0.117. The van der Waals surface area contributed by atoms with Gasteiger partial charge in [0.1, 0.15) is 23.3 Å². The number of nitrogens with one attached hydrogen (secondary N) is 2. The number of nitrogens with two attached hydrogens (primary N) is 1. The highest BCUT2D eigenvalue weighted by molar-refractivity contribution is 7.99. The number of carbonyl (C=O) groups is 1. The van der Waals surface area contributed by atoms with E-state index in [2.05, 4.69) is 10.3 Å². The van der Waals surface area contributed by atoms with Crippen LogP contribution in [-0.2, 0) is 4.79 Å². The minimum Gasteiger partial charge on any atom is -0.349 e. The molecule has 1 aromatic heterocycles. The number of thioether (sulfide) groups is 1. The van der Waals surface area contributed by atoms with Crippen LogP contribution in [0.4, 0.5) is 5.82 Å². The first kappa shape index (κ1) is 19.2. The van der Waals surface area contributed by atoms with Gasteiger partial charge in [0.25, 0.3) is 5.82 Å². The summed E-state index contributed by atoms with van der Waals surface area (Å²) in [6.45, 7) is 1.94. The van der Waals surface area contributed by atoms with Crippen LogP contribution < -0.4 is 16.0 Å². The first-order chi connectivity index (χ1) is 13.5. The third-order valence-electron chi connectivity index (χ3n) is 4.33. The van der Waals surface area contributed by atoms with E-state index in [1.807, 2.05) is 61.5 Å². The highest BCUT2D eigenvalue weighted by Crippen LogP contribution is 2.25. The molecule has 3 aromatic rings. The van der Waals surface area contributed by atoms with Crippen molar-refractivity contribution in [3.8, 4) is 12.1 Å². The van der Waals surface area contributed by atoms with Gasteiger partial charge in [0.2, 0.25) is 5.91 Å². The summed E-state index contributed by atoms with van der Waals surface area (Å²) < 4.78 is 0. The number of benzene rings is 2. The molecule has 3 rings (SSSR count). The minimum atomic E-state index is -0.162. The number of aromatic amines is 1. The average Bonchev–Trinajstić information content (AvgIpc) is 2.71. The Morgan fingerprint density at radius 1 is 1.18 bits per heavy atom. The predicted octanol–water partition coefficient (Wildman–Crippen LogP) is 2.95. The second kappa shape index (κ2) is 8.43. The number of rotatable bonds is 5. The third-order valence-corrected chi connectivity index (χ3v) is 5.34. The quantitative estimate of drug-likeness (QED) is 0.652. The van der Waals surface area contributed by atoms with Crippen LogP contribution >= 0.6 is 11.8 Å². The molecule has 28 heavy (non-hydrogen) atoms. The molecular formula is C21H18N5OS+. The maximum atomic E-state index is 12.4. The molecule has 6 nitrogen and oxygen atoms in total. The molecule has 1 atom stereocenters. The molecule has 0 saturated heterocycles. The number of pyridine rings is 1. The van der Waals surface area contributed by atoms with E-state index in [9.17, 15) is 10.1 Å². The van der Waals surface area contributed by atoms with Crippen LogP contribution in [0.15, 0.2) is 53.6 Å². The Bertz CT molecular complexity index is 1120. The van der Waals surface area contributed by atoms with Crippen molar-refractivity contribution in [3.05, 3.63) is 65.2 Å². The van der Waals surface area contributed by atoms with Gasteiger partial charge in [-0.25, -0.2) is 4.98 Å². The molecule has 7 heteroatoms. The highest BCUT2D eigenvalue weighted by atomic mass is 32.2. The summed E-state index contributed by atoms with van der Waals surface area (Å²) in [4.78, 5) is 15.3. The van der Waals surface area contributed by atoms with Gasteiger partial charge in [0, 0.05) is 0 Å². The highest BCUT2D eigenvalue weighted by Gasteiger charge is 2.17. The lowest BCUT2D eigenvalue weighted by molar-refractivity contribution is -0.410. The molecule has 2 aromatic carbocycles. The van der Waals surface area contributed by atoms with Gasteiger partial charge in [-0.1, -0.05) is 54.2 Å². The SMILES string of the molecule is C[C@@H](NC(=O)CSc1[nH+]c(N)c(C#N)cc1C#N)c1cccc2ccccc12. The van der Waals surface area contributed by atoms with Crippen LogP contribution in [0, 0.1) is 22.7 Å². The fourth-order valence-electron chi connectivity index (χ4n) is 2.96. The van der Waals surface area contributed by atoms with Crippen LogP contribution in [0.5, 0.6) is 0 Å². The number of amides is 1. The Morgan fingerprint density at radius 2 is 1.89 bits per heavy atom. The number of aromatic nitrogens is 1. The molecule has 0 saturated carbocycles. The van der Waals surface area contributed by atoms with Crippen molar-refractivity contribution < 1.29 is 9.78 Å². The monoisotopic (exact) mass is 388 g/mol. The predicted molar refractivity (Wildman–Crippen MR) is 108 cm³/mol. The summed E-state index contributed by atoms with van der Waals surface area (Å²) in [6, 6.07) is 19.3. The summed E-state index contributed by atoms with van der Waals surface area (Å²) in [5.74, 6) is 0.130. The summed E-state index contributed by atoms with van der Waals surface area (Å²) in [5, 5.41) is 23.9. The summed E-state index contributed by atoms with van der Waals surface area (Å²) >= 11 is 1.17. The van der Waals surface area contributed by atoms with Crippen LogP contribution in [0.3, 0.4) is 0 Å². The molecule has 0 spiro atoms. The van der Waals surface area contributed by atoms with Gasteiger partial charge in [-0.05, 0) is 29.3 Å². The zero-order valence-corrected chi connectivity index (χ0v) is 16.0. The van der Waals surface area contributed by atoms with Gasteiger partial charge in [-0.3, -0.25) is 10.5 Å². The van der Waals surface area contributed by atoms with Gasteiger partial charge >= 0.3 is 0 Å². The van der Waals surface area contributed by atoms with Crippen molar-refractivity contribution in [2.45, 2.75) is 18.0 Å². The number of nitrogens with zero attached hydrogens (tertiary/aromatic N) is 2. The van der Waals surface area contributed by atoms with E-state index in [0.29, 0.717) is 5.03 Å². The van der Waals surface area contributed by atoms with Crippen LogP contribution in [-0.4, -0.2) is 11.7 Å². The van der Waals surface area contributed by atoms with Crippen molar-refractivity contribution in [3.63, 3.8) is 0 Å². The fourth-order valence-corrected chi connectivity index (χ4v) is 3.76. The molecule has 1 amide bonds. The molecule has 1 heterocycles. The Morgan fingerprint density at radius 3 is 2.64 bits per heavy atom. The van der Waals surface area contributed by atoms with Crippen molar-refractivity contribution in [2.75, 3.05) is 11.5 Å². The van der Waals surface area contributed by atoms with Crippen molar-refractivity contribution >= 4 is 34.3 Å². The van der Waals surface area contributed by atoms with Gasteiger partial charge < -0.3 is 5.32 Å². The molecule has 0 aliphatic rings. The topological polar surface area (TPSA) is 117 Å². The summed E-state index contributed by atoms with van der Waals surface area (Å²) in [6.07, 6.45) is 0. The summed E-state index contributed by atoms with van der Waals surface area (Å²) in [7, 11) is 0. The molecule has 0 radical (unpaired) electrons. The van der Waals surface area contributed by atoms with Gasteiger partial charge in [0.05, 0.1) is 11.8 Å². The van der Waals surface area contributed by atoms with E-state index in [1.54, 1.807) is 0 Å². The van der Waals surface area contributed by atoms with E-state index < -0.39 is 0 Å². The number of hydrogen-bond donors (Lipinski definition) is 2. The Labute approximate surface area is 167 Å². The van der Waals surface area contributed by atoms with E-state index in [-0.39, 0.29) is 34.6 Å². The van der Waals surface area contributed by atoms with Gasteiger partial charge in [0.15, 0.2) is 5.03 Å². The number of anilines is 1. The lowest BCUT2D eigenvalue weighted by Crippen LogP contribution is -2.29. The zero-order valence-electron chi connectivity index (χ0n) is 15.2. The molecule has 138 valence electrons. The number of nitrogen functional groups attached to an aromatic ring is 1. The second-order valence-electron chi connectivity index (χ2n) is 6.21.